The largest absolute Gasteiger partial charge is 0.490 e. The SMILES string of the molecule is OCc1cc(OC2CCOC3(CCSC3)C2)ccc1Br. The Morgan fingerprint density at radius 3 is 3.15 bits per heavy atom. The Balaban J connectivity index is 1.68. The van der Waals surface area contributed by atoms with Gasteiger partial charge in [-0.15, -0.1) is 0 Å². The third-order valence-electron chi connectivity index (χ3n) is 4.01. The molecule has 0 aliphatic carbocycles. The molecule has 0 bridgehead atoms. The molecule has 2 saturated heterocycles. The number of aliphatic hydroxyl groups excluding tert-OH is 1. The summed E-state index contributed by atoms with van der Waals surface area (Å²) in [6.07, 6.45) is 3.27. The number of halogens is 1. The molecule has 3 rings (SSSR count). The molecule has 2 unspecified atom stereocenters. The van der Waals surface area contributed by atoms with Crippen LogP contribution >= 0.6 is 27.7 Å². The molecule has 1 spiro atoms. The van der Waals surface area contributed by atoms with Crippen LogP contribution in [0.5, 0.6) is 5.75 Å². The van der Waals surface area contributed by atoms with Gasteiger partial charge in [-0.3, -0.25) is 0 Å². The molecule has 110 valence electrons. The van der Waals surface area contributed by atoms with Crippen LogP contribution in [0.2, 0.25) is 0 Å². The van der Waals surface area contributed by atoms with Crippen molar-refractivity contribution >= 4 is 27.7 Å². The van der Waals surface area contributed by atoms with E-state index >= 15 is 0 Å². The lowest BCUT2D eigenvalue weighted by atomic mass is 9.91. The Labute approximate surface area is 132 Å². The van der Waals surface area contributed by atoms with Gasteiger partial charge in [0.1, 0.15) is 11.9 Å². The van der Waals surface area contributed by atoms with Crippen LogP contribution < -0.4 is 4.74 Å². The van der Waals surface area contributed by atoms with Gasteiger partial charge in [0.25, 0.3) is 0 Å². The fourth-order valence-electron chi connectivity index (χ4n) is 2.88. The highest BCUT2D eigenvalue weighted by Crippen LogP contribution is 2.39. The minimum atomic E-state index is 0.0200. The van der Waals surface area contributed by atoms with E-state index in [1.165, 1.54) is 5.75 Å². The average Bonchev–Trinajstić information content (AvgIpc) is 2.89. The summed E-state index contributed by atoms with van der Waals surface area (Å²) in [4.78, 5) is 0. The van der Waals surface area contributed by atoms with E-state index in [9.17, 15) is 5.11 Å². The highest BCUT2D eigenvalue weighted by atomic mass is 79.9. The molecule has 2 heterocycles. The van der Waals surface area contributed by atoms with Crippen molar-refractivity contribution in [1.82, 2.24) is 0 Å². The molecule has 2 aliphatic rings. The summed E-state index contributed by atoms with van der Waals surface area (Å²) in [5, 5.41) is 9.31. The van der Waals surface area contributed by atoms with Crippen LogP contribution in [0.3, 0.4) is 0 Å². The predicted octanol–water partition coefficient (Wildman–Crippen LogP) is 3.37. The monoisotopic (exact) mass is 358 g/mol. The fourth-order valence-corrected chi connectivity index (χ4v) is 4.63. The number of ether oxygens (including phenoxy) is 2. The second-order valence-electron chi connectivity index (χ2n) is 5.48. The lowest BCUT2D eigenvalue weighted by molar-refractivity contribution is -0.0959. The van der Waals surface area contributed by atoms with Gasteiger partial charge in [-0.1, -0.05) is 15.9 Å². The molecule has 1 aromatic rings. The Morgan fingerprint density at radius 2 is 2.40 bits per heavy atom. The second-order valence-corrected chi connectivity index (χ2v) is 7.44. The molecule has 0 saturated carbocycles. The maximum atomic E-state index is 9.31. The number of benzene rings is 1. The molecule has 2 aliphatic heterocycles. The van der Waals surface area contributed by atoms with Crippen molar-refractivity contribution < 1.29 is 14.6 Å². The molecule has 2 fully saturated rings. The lowest BCUT2D eigenvalue weighted by Gasteiger charge is -2.37. The molecule has 1 aromatic carbocycles. The molecular weight excluding hydrogens is 340 g/mol. The normalized spacial score (nSPS) is 29.8. The lowest BCUT2D eigenvalue weighted by Crippen LogP contribution is -2.43. The third-order valence-corrected chi connectivity index (χ3v) is 6.00. The molecule has 20 heavy (non-hydrogen) atoms. The molecule has 1 N–H and O–H groups in total. The summed E-state index contributed by atoms with van der Waals surface area (Å²) < 4.78 is 13.0. The van der Waals surface area contributed by atoms with E-state index in [0.717, 1.165) is 47.4 Å². The summed E-state index contributed by atoms with van der Waals surface area (Å²) in [5.74, 6) is 3.12. The first-order chi connectivity index (χ1) is 9.71. The van der Waals surface area contributed by atoms with Gasteiger partial charge in [0.2, 0.25) is 0 Å². The Hall–Kier alpha value is -0.230. The zero-order valence-electron chi connectivity index (χ0n) is 11.3. The zero-order valence-corrected chi connectivity index (χ0v) is 13.7. The average molecular weight is 359 g/mol. The number of aliphatic hydroxyl groups is 1. The smallest absolute Gasteiger partial charge is 0.120 e. The van der Waals surface area contributed by atoms with Crippen LogP contribution in [0.4, 0.5) is 0 Å². The number of thioether (sulfide) groups is 1. The number of hydrogen-bond acceptors (Lipinski definition) is 4. The fraction of sp³-hybridized carbons (Fsp3) is 0.600. The molecule has 0 amide bonds. The summed E-state index contributed by atoms with van der Waals surface area (Å²) in [7, 11) is 0. The van der Waals surface area contributed by atoms with Crippen molar-refractivity contribution in [2.75, 3.05) is 18.1 Å². The van der Waals surface area contributed by atoms with Gasteiger partial charge in [-0.2, -0.15) is 11.8 Å². The van der Waals surface area contributed by atoms with Crippen molar-refractivity contribution in [3.05, 3.63) is 28.2 Å². The Morgan fingerprint density at radius 1 is 1.50 bits per heavy atom. The number of hydrogen-bond donors (Lipinski definition) is 1. The van der Waals surface area contributed by atoms with Crippen molar-refractivity contribution in [2.24, 2.45) is 0 Å². The standard InChI is InChI=1S/C15H19BrO3S/c16-14-2-1-12(7-11(14)9-17)19-13-3-5-18-15(8-13)4-6-20-10-15/h1-2,7,13,17H,3-6,8-10H2. The summed E-state index contributed by atoms with van der Waals surface area (Å²) >= 11 is 5.40. The van der Waals surface area contributed by atoms with E-state index in [2.05, 4.69) is 15.9 Å². The Bertz CT molecular complexity index is 474. The van der Waals surface area contributed by atoms with Crippen LogP contribution in [0.25, 0.3) is 0 Å². The maximum absolute atomic E-state index is 9.31. The Kier molecular flexibility index (Phi) is 4.60. The minimum Gasteiger partial charge on any atom is -0.490 e. The molecule has 3 nitrogen and oxygen atoms in total. The van der Waals surface area contributed by atoms with E-state index in [1.807, 2.05) is 30.0 Å². The molecular formula is C15H19BrO3S. The van der Waals surface area contributed by atoms with Gasteiger partial charge in [0.15, 0.2) is 0 Å². The van der Waals surface area contributed by atoms with E-state index in [4.69, 9.17) is 9.47 Å². The first-order valence-corrected chi connectivity index (χ1v) is 8.93. The topological polar surface area (TPSA) is 38.7 Å². The van der Waals surface area contributed by atoms with Crippen LogP contribution in [0.15, 0.2) is 22.7 Å². The van der Waals surface area contributed by atoms with E-state index in [1.54, 1.807) is 0 Å². The first-order valence-electron chi connectivity index (χ1n) is 6.98. The summed E-state index contributed by atoms with van der Waals surface area (Å²) in [6.45, 7) is 0.806. The first kappa shape index (κ1) is 14.7. The summed E-state index contributed by atoms with van der Waals surface area (Å²) in [6, 6.07) is 5.80. The van der Waals surface area contributed by atoms with Crippen molar-refractivity contribution in [1.29, 1.82) is 0 Å². The molecule has 2 atom stereocenters. The summed E-state index contributed by atoms with van der Waals surface area (Å²) in [5.41, 5.74) is 0.906. The van der Waals surface area contributed by atoms with Crippen LogP contribution in [-0.2, 0) is 11.3 Å². The highest BCUT2D eigenvalue weighted by Gasteiger charge is 2.41. The van der Waals surface area contributed by atoms with Gasteiger partial charge in [0.05, 0.1) is 18.8 Å². The van der Waals surface area contributed by atoms with Gasteiger partial charge in [-0.05, 0) is 35.9 Å². The predicted molar refractivity (Wildman–Crippen MR) is 84.3 cm³/mol. The highest BCUT2D eigenvalue weighted by molar-refractivity contribution is 9.10. The van der Waals surface area contributed by atoms with Crippen LogP contribution in [0.1, 0.15) is 24.8 Å². The number of rotatable bonds is 3. The van der Waals surface area contributed by atoms with Gasteiger partial charge < -0.3 is 14.6 Å². The van der Waals surface area contributed by atoms with Gasteiger partial charge in [-0.25, -0.2) is 0 Å². The maximum Gasteiger partial charge on any atom is 0.120 e. The third kappa shape index (κ3) is 3.16. The van der Waals surface area contributed by atoms with Crippen LogP contribution in [0, 0.1) is 0 Å². The molecule has 0 radical (unpaired) electrons. The van der Waals surface area contributed by atoms with E-state index < -0.39 is 0 Å². The molecule has 0 aromatic heterocycles. The van der Waals surface area contributed by atoms with Crippen molar-refractivity contribution in [2.45, 2.75) is 37.6 Å². The van der Waals surface area contributed by atoms with E-state index in [0.29, 0.717) is 0 Å². The van der Waals surface area contributed by atoms with Crippen LogP contribution in [-0.4, -0.2) is 34.9 Å². The zero-order chi connectivity index (χ0) is 14.0. The minimum absolute atomic E-state index is 0.0200. The van der Waals surface area contributed by atoms with Gasteiger partial charge in [0, 0.05) is 23.1 Å². The van der Waals surface area contributed by atoms with E-state index in [-0.39, 0.29) is 18.3 Å². The van der Waals surface area contributed by atoms with Gasteiger partial charge >= 0.3 is 0 Å². The molecule has 5 heteroatoms. The second kappa shape index (κ2) is 6.26. The van der Waals surface area contributed by atoms with Crippen molar-refractivity contribution in [3.8, 4) is 5.75 Å². The van der Waals surface area contributed by atoms with Crippen molar-refractivity contribution in [3.63, 3.8) is 0 Å². The quantitative estimate of drug-likeness (QED) is 0.898.